The van der Waals surface area contributed by atoms with Gasteiger partial charge in [0.25, 0.3) is 0 Å². The summed E-state index contributed by atoms with van der Waals surface area (Å²) in [5.74, 6) is 1.06. The lowest BCUT2D eigenvalue weighted by Crippen LogP contribution is -2.42. The summed E-state index contributed by atoms with van der Waals surface area (Å²) in [4.78, 5) is 15.0. The fraction of sp³-hybridized carbons (Fsp3) is 0.208. The van der Waals surface area contributed by atoms with Crippen LogP contribution in [0.4, 0.5) is 0 Å². The smallest absolute Gasteiger partial charge is 0.243 e. The van der Waals surface area contributed by atoms with Crippen molar-refractivity contribution in [1.82, 2.24) is 9.21 Å². The maximum Gasteiger partial charge on any atom is 0.243 e. The average molecular weight is 517 g/mol. The molecule has 1 aromatic heterocycles. The van der Waals surface area contributed by atoms with Crippen molar-refractivity contribution >= 4 is 31.9 Å². The Labute approximate surface area is 197 Å². The molecule has 1 amide bonds. The molecule has 32 heavy (non-hydrogen) atoms. The number of hydrogen-bond acceptors (Lipinski definition) is 4. The van der Waals surface area contributed by atoms with Gasteiger partial charge < -0.3 is 9.32 Å². The molecule has 0 atom stereocenters. The molecule has 0 aliphatic rings. The Morgan fingerprint density at radius 2 is 1.72 bits per heavy atom. The standard InChI is InChI=1S/C24H25BrN2O4S/c1-3-15-27(32(29,30)23-13-10-21(25)11-14-23)18-24(28)26(16-20-7-5-4-6-8-20)17-22-12-9-19(2)31-22/h3-14H,1,15-18H2,2H3. The van der Waals surface area contributed by atoms with Crippen molar-refractivity contribution in [3.05, 3.63) is 101 Å². The Kier molecular flexibility index (Phi) is 8.06. The third-order valence-corrected chi connectivity index (χ3v) is 7.16. The number of benzene rings is 2. The summed E-state index contributed by atoms with van der Waals surface area (Å²) < 4.78 is 33.9. The molecule has 0 spiro atoms. The highest BCUT2D eigenvalue weighted by Gasteiger charge is 2.28. The Bertz CT molecular complexity index is 1160. The Balaban J connectivity index is 1.85. The molecule has 0 unspecified atom stereocenters. The topological polar surface area (TPSA) is 70.8 Å². The number of sulfonamides is 1. The van der Waals surface area contributed by atoms with Crippen LogP contribution in [-0.2, 0) is 27.9 Å². The fourth-order valence-electron chi connectivity index (χ4n) is 3.19. The van der Waals surface area contributed by atoms with Crippen LogP contribution in [0.5, 0.6) is 0 Å². The summed E-state index contributed by atoms with van der Waals surface area (Å²) in [5, 5.41) is 0. The molecule has 168 valence electrons. The predicted molar refractivity (Wildman–Crippen MR) is 127 cm³/mol. The monoisotopic (exact) mass is 516 g/mol. The SMILES string of the molecule is C=CCN(CC(=O)N(Cc1ccccc1)Cc1ccc(C)o1)S(=O)(=O)c1ccc(Br)cc1. The molecule has 1 heterocycles. The van der Waals surface area contributed by atoms with E-state index < -0.39 is 10.0 Å². The number of amides is 1. The maximum atomic E-state index is 13.3. The Morgan fingerprint density at radius 3 is 2.31 bits per heavy atom. The van der Waals surface area contributed by atoms with Crippen molar-refractivity contribution in [2.24, 2.45) is 0 Å². The van der Waals surface area contributed by atoms with E-state index in [2.05, 4.69) is 22.5 Å². The van der Waals surface area contributed by atoms with Gasteiger partial charge in [-0.2, -0.15) is 4.31 Å². The van der Waals surface area contributed by atoms with Gasteiger partial charge in [-0.15, -0.1) is 6.58 Å². The van der Waals surface area contributed by atoms with Crippen LogP contribution < -0.4 is 0 Å². The first-order valence-corrected chi connectivity index (χ1v) is 12.3. The highest BCUT2D eigenvalue weighted by Crippen LogP contribution is 2.20. The number of halogens is 1. The summed E-state index contributed by atoms with van der Waals surface area (Å²) >= 11 is 3.31. The largest absolute Gasteiger partial charge is 0.464 e. The molecular formula is C24H25BrN2O4S. The molecule has 0 N–H and O–H groups in total. The van der Waals surface area contributed by atoms with E-state index >= 15 is 0 Å². The van der Waals surface area contributed by atoms with Gasteiger partial charge in [0.1, 0.15) is 11.5 Å². The zero-order valence-corrected chi connectivity index (χ0v) is 20.2. The van der Waals surface area contributed by atoms with Crippen LogP contribution in [0.1, 0.15) is 17.1 Å². The number of carbonyl (C=O) groups excluding carboxylic acids is 1. The molecule has 0 aliphatic heterocycles. The number of carbonyl (C=O) groups is 1. The summed E-state index contributed by atoms with van der Waals surface area (Å²) in [7, 11) is -3.88. The lowest BCUT2D eigenvalue weighted by Gasteiger charge is -2.26. The van der Waals surface area contributed by atoms with Gasteiger partial charge in [-0.1, -0.05) is 52.3 Å². The third-order valence-electron chi connectivity index (χ3n) is 4.81. The van der Waals surface area contributed by atoms with Crippen molar-refractivity contribution in [3.8, 4) is 0 Å². The minimum Gasteiger partial charge on any atom is -0.464 e. The molecule has 0 saturated carbocycles. The van der Waals surface area contributed by atoms with Gasteiger partial charge in [0, 0.05) is 17.6 Å². The Morgan fingerprint density at radius 1 is 1.03 bits per heavy atom. The first-order valence-electron chi connectivity index (χ1n) is 10.0. The third kappa shape index (κ3) is 6.18. The van der Waals surface area contributed by atoms with Crippen molar-refractivity contribution in [2.45, 2.75) is 24.9 Å². The average Bonchev–Trinajstić information content (AvgIpc) is 3.18. The van der Waals surface area contributed by atoms with Crippen molar-refractivity contribution in [1.29, 1.82) is 0 Å². The number of rotatable bonds is 10. The summed E-state index contributed by atoms with van der Waals surface area (Å²) in [6.45, 7) is 5.77. The molecule has 0 bridgehead atoms. The minimum absolute atomic E-state index is 0.0170. The molecule has 3 aromatic rings. The minimum atomic E-state index is -3.88. The van der Waals surface area contributed by atoms with Crippen molar-refractivity contribution in [3.63, 3.8) is 0 Å². The molecule has 0 aliphatic carbocycles. The van der Waals surface area contributed by atoms with Gasteiger partial charge in [-0.3, -0.25) is 4.79 Å². The quantitative estimate of drug-likeness (QED) is 0.364. The highest BCUT2D eigenvalue weighted by atomic mass is 79.9. The van der Waals surface area contributed by atoms with Crippen molar-refractivity contribution in [2.75, 3.05) is 13.1 Å². The summed E-state index contributed by atoms with van der Waals surface area (Å²) in [5.41, 5.74) is 0.940. The van der Waals surface area contributed by atoms with E-state index in [-0.39, 0.29) is 30.4 Å². The van der Waals surface area contributed by atoms with Crippen LogP contribution >= 0.6 is 15.9 Å². The van der Waals surface area contributed by atoms with Crippen LogP contribution in [0.3, 0.4) is 0 Å². The number of hydrogen-bond donors (Lipinski definition) is 0. The molecule has 8 heteroatoms. The van der Waals surface area contributed by atoms with E-state index in [0.717, 1.165) is 20.1 Å². The highest BCUT2D eigenvalue weighted by molar-refractivity contribution is 9.10. The fourth-order valence-corrected chi connectivity index (χ4v) is 4.82. The van der Waals surface area contributed by atoms with Gasteiger partial charge in [0.15, 0.2) is 0 Å². The molecule has 2 aromatic carbocycles. The molecular weight excluding hydrogens is 492 g/mol. The zero-order chi connectivity index (χ0) is 23.1. The molecule has 6 nitrogen and oxygen atoms in total. The van der Waals surface area contributed by atoms with E-state index in [4.69, 9.17) is 4.42 Å². The van der Waals surface area contributed by atoms with Gasteiger partial charge in [-0.25, -0.2) is 8.42 Å². The van der Waals surface area contributed by atoms with Gasteiger partial charge >= 0.3 is 0 Å². The zero-order valence-electron chi connectivity index (χ0n) is 17.8. The van der Waals surface area contributed by atoms with Gasteiger partial charge in [-0.05, 0) is 48.9 Å². The van der Waals surface area contributed by atoms with E-state index in [1.807, 2.05) is 49.4 Å². The van der Waals surface area contributed by atoms with E-state index in [0.29, 0.717) is 12.3 Å². The van der Waals surface area contributed by atoms with E-state index in [1.165, 1.54) is 18.2 Å². The van der Waals surface area contributed by atoms with Crippen molar-refractivity contribution < 1.29 is 17.6 Å². The molecule has 0 saturated heterocycles. The van der Waals surface area contributed by atoms with Crippen LogP contribution in [0.2, 0.25) is 0 Å². The predicted octanol–water partition coefficient (Wildman–Crippen LogP) is 4.76. The number of furan rings is 1. The van der Waals surface area contributed by atoms with Crippen LogP contribution in [0.15, 0.2) is 93.2 Å². The second-order valence-corrected chi connectivity index (χ2v) is 10.1. The van der Waals surface area contributed by atoms with Gasteiger partial charge in [0.2, 0.25) is 15.9 Å². The molecule has 0 fully saturated rings. The van der Waals surface area contributed by atoms with Gasteiger partial charge in [0.05, 0.1) is 18.0 Å². The van der Waals surface area contributed by atoms with E-state index in [1.54, 1.807) is 17.0 Å². The Hall–Kier alpha value is -2.68. The van der Waals surface area contributed by atoms with Crippen LogP contribution in [0, 0.1) is 6.92 Å². The van der Waals surface area contributed by atoms with Crippen LogP contribution in [0.25, 0.3) is 0 Å². The van der Waals surface area contributed by atoms with E-state index in [9.17, 15) is 13.2 Å². The molecule has 3 rings (SSSR count). The first-order chi connectivity index (χ1) is 15.3. The first kappa shape index (κ1) is 24.0. The second-order valence-electron chi connectivity index (χ2n) is 7.29. The lowest BCUT2D eigenvalue weighted by atomic mass is 10.2. The summed E-state index contributed by atoms with van der Waals surface area (Å²) in [6, 6.07) is 19.5. The van der Waals surface area contributed by atoms with Crippen LogP contribution in [-0.4, -0.2) is 36.6 Å². The molecule has 0 radical (unpaired) electrons. The number of nitrogens with zero attached hydrogens (tertiary/aromatic N) is 2. The maximum absolute atomic E-state index is 13.3. The summed E-state index contributed by atoms with van der Waals surface area (Å²) in [6.07, 6.45) is 1.47. The normalized spacial score (nSPS) is 11.5. The lowest BCUT2D eigenvalue weighted by molar-refractivity contribution is -0.132. The number of aryl methyl sites for hydroxylation is 1. The second kappa shape index (κ2) is 10.8.